The third-order valence-electron chi connectivity index (χ3n) is 3.86. The second-order valence-corrected chi connectivity index (χ2v) is 5.81. The molecule has 0 saturated heterocycles. The zero-order valence-corrected chi connectivity index (χ0v) is 13.1. The average Bonchev–Trinajstić information content (AvgIpc) is 2.55. The SMILES string of the molecule is Cc1ccc(-c2cc3c(=O)oc4ccccc4c3oc2=S)cc1. The zero-order valence-electron chi connectivity index (χ0n) is 12.3. The molecule has 4 heteroatoms. The maximum atomic E-state index is 12.3. The molecule has 0 aliphatic carbocycles. The van der Waals surface area contributed by atoms with Crippen LogP contribution in [0.5, 0.6) is 0 Å². The minimum atomic E-state index is -0.425. The summed E-state index contributed by atoms with van der Waals surface area (Å²) in [6.45, 7) is 2.02. The molecule has 4 rings (SSSR count). The van der Waals surface area contributed by atoms with E-state index in [1.807, 2.05) is 49.4 Å². The molecule has 0 unspecified atom stereocenters. The summed E-state index contributed by atoms with van der Waals surface area (Å²) in [5.41, 5.74) is 3.33. The normalized spacial score (nSPS) is 11.2. The molecule has 2 aromatic heterocycles. The van der Waals surface area contributed by atoms with Crippen LogP contribution >= 0.6 is 12.2 Å². The maximum absolute atomic E-state index is 12.3. The maximum Gasteiger partial charge on any atom is 0.347 e. The molecule has 0 radical (unpaired) electrons. The Labute approximate surface area is 136 Å². The molecule has 112 valence electrons. The summed E-state index contributed by atoms with van der Waals surface area (Å²) in [6, 6.07) is 16.9. The van der Waals surface area contributed by atoms with Gasteiger partial charge in [0, 0.05) is 5.56 Å². The van der Waals surface area contributed by atoms with E-state index in [4.69, 9.17) is 21.1 Å². The summed E-state index contributed by atoms with van der Waals surface area (Å²) >= 11 is 5.40. The van der Waals surface area contributed by atoms with Crippen LogP contribution in [0.25, 0.3) is 33.1 Å². The molecule has 2 heterocycles. The van der Waals surface area contributed by atoms with Gasteiger partial charge in [-0.25, -0.2) is 4.79 Å². The highest BCUT2D eigenvalue weighted by molar-refractivity contribution is 7.71. The van der Waals surface area contributed by atoms with E-state index in [0.29, 0.717) is 21.3 Å². The molecule has 3 nitrogen and oxygen atoms in total. The number of hydrogen-bond donors (Lipinski definition) is 0. The lowest BCUT2D eigenvalue weighted by atomic mass is 10.0. The predicted octanol–water partition coefficient (Wildman–Crippen LogP) is 5.24. The Kier molecular flexibility index (Phi) is 3.13. The number of benzene rings is 2. The topological polar surface area (TPSA) is 43.4 Å². The molecular formula is C19H12O3S. The fourth-order valence-electron chi connectivity index (χ4n) is 2.66. The van der Waals surface area contributed by atoms with Crippen molar-refractivity contribution in [1.29, 1.82) is 0 Å². The first-order valence-corrected chi connectivity index (χ1v) is 7.61. The number of aryl methyl sites for hydroxylation is 1. The average molecular weight is 320 g/mol. The van der Waals surface area contributed by atoms with E-state index in [1.54, 1.807) is 12.1 Å². The summed E-state index contributed by atoms with van der Waals surface area (Å²) < 4.78 is 11.6. The second kappa shape index (κ2) is 5.18. The van der Waals surface area contributed by atoms with Gasteiger partial charge < -0.3 is 8.83 Å². The number of fused-ring (bicyclic) bond motifs is 3. The molecule has 0 N–H and O–H groups in total. The number of hydrogen-bond acceptors (Lipinski definition) is 4. The van der Waals surface area contributed by atoms with E-state index in [-0.39, 0.29) is 0 Å². The molecule has 0 fully saturated rings. The smallest absolute Gasteiger partial charge is 0.347 e. The van der Waals surface area contributed by atoms with Gasteiger partial charge in [-0.15, -0.1) is 0 Å². The van der Waals surface area contributed by atoms with Crippen LogP contribution in [0.2, 0.25) is 0 Å². The van der Waals surface area contributed by atoms with Crippen LogP contribution < -0.4 is 5.63 Å². The lowest BCUT2D eigenvalue weighted by Crippen LogP contribution is -2.00. The Morgan fingerprint density at radius 3 is 2.43 bits per heavy atom. The van der Waals surface area contributed by atoms with Crippen LogP contribution in [0, 0.1) is 11.6 Å². The van der Waals surface area contributed by atoms with Crippen molar-refractivity contribution in [3.8, 4) is 11.1 Å². The molecule has 0 aliphatic heterocycles. The zero-order chi connectivity index (χ0) is 16.0. The fraction of sp³-hybridized carbons (Fsp3) is 0.0526. The molecular weight excluding hydrogens is 308 g/mol. The summed E-state index contributed by atoms with van der Waals surface area (Å²) in [7, 11) is 0. The van der Waals surface area contributed by atoms with Gasteiger partial charge in [0.05, 0.1) is 5.39 Å². The van der Waals surface area contributed by atoms with Crippen molar-refractivity contribution in [2.45, 2.75) is 6.92 Å². The van der Waals surface area contributed by atoms with E-state index in [2.05, 4.69) is 0 Å². The van der Waals surface area contributed by atoms with E-state index >= 15 is 0 Å². The third kappa shape index (κ3) is 2.28. The minimum Gasteiger partial charge on any atom is -0.444 e. The molecule has 0 aliphatic rings. The van der Waals surface area contributed by atoms with Gasteiger partial charge in [-0.3, -0.25) is 0 Å². The van der Waals surface area contributed by atoms with Gasteiger partial charge in [0.1, 0.15) is 11.0 Å². The Hall–Kier alpha value is -2.72. The van der Waals surface area contributed by atoms with Crippen LogP contribution in [0.4, 0.5) is 0 Å². The van der Waals surface area contributed by atoms with Gasteiger partial charge in [0.2, 0.25) is 0 Å². The van der Waals surface area contributed by atoms with Crippen molar-refractivity contribution in [2.24, 2.45) is 0 Å². The van der Waals surface area contributed by atoms with Crippen molar-refractivity contribution >= 4 is 34.2 Å². The molecule has 4 aromatic rings. The van der Waals surface area contributed by atoms with Gasteiger partial charge in [-0.1, -0.05) is 42.0 Å². The summed E-state index contributed by atoms with van der Waals surface area (Å²) in [5.74, 6) is 0. The lowest BCUT2D eigenvalue weighted by molar-refractivity contribution is 0.554. The van der Waals surface area contributed by atoms with E-state index in [0.717, 1.165) is 22.1 Å². The summed E-state index contributed by atoms with van der Waals surface area (Å²) in [4.78, 5) is 12.3. The van der Waals surface area contributed by atoms with E-state index in [1.165, 1.54) is 0 Å². The number of para-hydroxylation sites is 1. The first-order chi connectivity index (χ1) is 11.1. The van der Waals surface area contributed by atoms with Gasteiger partial charge >= 0.3 is 5.63 Å². The third-order valence-corrected chi connectivity index (χ3v) is 4.17. The highest BCUT2D eigenvalue weighted by Gasteiger charge is 2.12. The Balaban J connectivity index is 2.10. The number of rotatable bonds is 1. The van der Waals surface area contributed by atoms with Crippen molar-refractivity contribution < 1.29 is 8.83 Å². The van der Waals surface area contributed by atoms with Crippen molar-refractivity contribution in [2.75, 3.05) is 0 Å². The molecule has 0 bridgehead atoms. The highest BCUT2D eigenvalue weighted by Crippen LogP contribution is 2.29. The Morgan fingerprint density at radius 1 is 0.913 bits per heavy atom. The van der Waals surface area contributed by atoms with Crippen LogP contribution in [0.3, 0.4) is 0 Å². The van der Waals surface area contributed by atoms with E-state index in [9.17, 15) is 4.79 Å². The van der Waals surface area contributed by atoms with Gasteiger partial charge in [-0.05, 0) is 42.9 Å². The van der Waals surface area contributed by atoms with Crippen LogP contribution in [-0.4, -0.2) is 0 Å². The van der Waals surface area contributed by atoms with Gasteiger partial charge in [0.15, 0.2) is 10.3 Å². The van der Waals surface area contributed by atoms with Crippen LogP contribution in [-0.2, 0) is 0 Å². The van der Waals surface area contributed by atoms with Crippen molar-refractivity contribution in [3.63, 3.8) is 0 Å². The Morgan fingerprint density at radius 2 is 1.65 bits per heavy atom. The predicted molar refractivity (Wildman–Crippen MR) is 93.3 cm³/mol. The molecule has 23 heavy (non-hydrogen) atoms. The Bertz CT molecular complexity index is 1150. The first kappa shape index (κ1) is 13.9. The minimum absolute atomic E-state index is 0.358. The van der Waals surface area contributed by atoms with Gasteiger partial charge in [0.25, 0.3) is 0 Å². The van der Waals surface area contributed by atoms with Crippen LogP contribution in [0.15, 0.2) is 68.2 Å². The summed E-state index contributed by atoms with van der Waals surface area (Å²) in [6.07, 6.45) is 0. The monoisotopic (exact) mass is 320 g/mol. The quantitative estimate of drug-likeness (QED) is 0.273. The molecule has 2 aromatic carbocycles. The fourth-order valence-corrected chi connectivity index (χ4v) is 2.92. The molecule has 0 atom stereocenters. The second-order valence-electron chi connectivity index (χ2n) is 5.44. The first-order valence-electron chi connectivity index (χ1n) is 7.20. The van der Waals surface area contributed by atoms with Gasteiger partial charge in [-0.2, -0.15) is 0 Å². The van der Waals surface area contributed by atoms with Crippen LogP contribution in [0.1, 0.15) is 5.56 Å². The molecule has 0 amide bonds. The largest absolute Gasteiger partial charge is 0.444 e. The standard InChI is InChI=1S/C19H12O3S/c1-11-6-8-12(9-7-11)14-10-15-17(22-19(14)23)13-4-2-3-5-16(13)21-18(15)20/h2-10H,1H3. The molecule has 0 saturated carbocycles. The van der Waals surface area contributed by atoms with Crippen molar-refractivity contribution in [1.82, 2.24) is 0 Å². The van der Waals surface area contributed by atoms with Crippen molar-refractivity contribution in [3.05, 3.63) is 75.3 Å². The van der Waals surface area contributed by atoms with E-state index < -0.39 is 5.63 Å². The molecule has 0 spiro atoms. The lowest BCUT2D eigenvalue weighted by Gasteiger charge is -2.06. The highest BCUT2D eigenvalue weighted by atomic mass is 32.1. The summed E-state index contributed by atoms with van der Waals surface area (Å²) in [5, 5.41) is 1.14.